The van der Waals surface area contributed by atoms with Gasteiger partial charge in [0.2, 0.25) is 0 Å². The minimum atomic E-state index is -1.05. The number of rotatable bonds is 9. The highest BCUT2D eigenvalue weighted by molar-refractivity contribution is 5.73. The molecule has 0 radical (unpaired) electrons. The maximum Gasteiger partial charge on any atom is 0.324 e. The van der Waals surface area contributed by atoms with Crippen LogP contribution >= 0.6 is 0 Å². The minimum Gasteiger partial charge on any atom is -0.493 e. The molecule has 0 spiro atoms. The summed E-state index contributed by atoms with van der Waals surface area (Å²) in [7, 11) is 1.40. The molecule has 0 fully saturated rings. The zero-order valence-corrected chi connectivity index (χ0v) is 11.9. The summed E-state index contributed by atoms with van der Waals surface area (Å²) in [5, 5.41) is 22.6. The number of ether oxygens (including phenoxy) is 2. The molecule has 0 saturated heterocycles. The van der Waals surface area contributed by atoms with Crippen LogP contribution in [0.15, 0.2) is 18.2 Å². The summed E-state index contributed by atoms with van der Waals surface area (Å²) in [6.45, 7) is 2.29. The molecule has 1 rings (SSSR count). The van der Waals surface area contributed by atoms with E-state index in [0.717, 1.165) is 6.42 Å². The van der Waals surface area contributed by atoms with Crippen LogP contribution in [0.4, 0.5) is 5.69 Å². The molecule has 0 amide bonds. The molecule has 1 atom stereocenters. The topological polar surface area (TPSA) is 111 Å². The summed E-state index contributed by atoms with van der Waals surface area (Å²) in [6.07, 6.45) is 0.782. The van der Waals surface area contributed by atoms with Gasteiger partial charge in [0.25, 0.3) is 5.69 Å². The fraction of sp³-hybridized carbons (Fsp3) is 0.462. The summed E-state index contributed by atoms with van der Waals surface area (Å²) in [4.78, 5) is 21.3. The van der Waals surface area contributed by atoms with Crippen molar-refractivity contribution in [1.29, 1.82) is 0 Å². The van der Waals surface area contributed by atoms with Crippen molar-refractivity contribution in [3.05, 3.63) is 28.3 Å². The van der Waals surface area contributed by atoms with E-state index in [4.69, 9.17) is 14.6 Å². The molecule has 0 aliphatic carbocycles. The second-order valence-electron chi connectivity index (χ2n) is 4.25. The number of non-ortho nitro benzene ring substituents is 1. The maximum absolute atomic E-state index is 11.1. The number of methoxy groups -OCH3 is 1. The van der Waals surface area contributed by atoms with E-state index >= 15 is 0 Å². The van der Waals surface area contributed by atoms with E-state index in [-0.39, 0.29) is 18.0 Å². The number of nitro groups is 1. The summed E-state index contributed by atoms with van der Waals surface area (Å²) in [6, 6.07) is 3.00. The Morgan fingerprint density at radius 1 is 1.48 bits per heavy atom. The van der Waals surface area contributed by atoms with Gasteiger partial charge in [-0.15, -0.1) is 0 Å². The summed E-state index contributed by atoms with van der Waals surface area (Å²) in [5.41, 5.74) is -0.154. The minimum absolute atomic E-state index is 0.135. The standard InChI is InChI=1S/C13H18N2O6/c1-3-6-14-10(13(16)17)8-21-12-7-9(15(18)19)4-5-11(12)20-2/h4-5,7,10,14H,3,6,8H2,1-2H3,(H,16,17). The van der Waals surface area contributed by atoms with Crippen LogP contribution in [-0.2, 0) is 4.79 Å². The quantitative estimate of drug-likeness (QED) is 0.524. The first kappa shape index (κ1) is 16.7. The van der Waals surface area contributed by atoms with Gasteiger partial charge in [-0.3, -0.25) is 14.9 Å². The van der Waals surface area contributed by atoms with Crippen molar-refractivity contribution in [3.8, 4) is 11.5 Å². The van der Waals surface area contributed by atoms with Gasteiger partial charge < -0.3 is 19.9 Å². The molecule has 8 heteroatoms. The fourth-order valence-electron chi connectivity index (χ4n) is 1.60. The van der Waals surface area contributed by atoms with Gasteiger partial charge in [-0.05, 0) is 19.0 Å². The molecule has 0 aliphatic heterocycles. The van der Waals surface area contributed by atoms with Gasteiger partial charge in [0.05, 0.1) is 18.1 Å². The molecule has 0 saturated carbocycles. The third-order valence-electron chi connectivity index (χ3n) is 2.70. The van der Waals surface area contributed by atoms with Gasteiger partial charge in [0, 0.05) is 6.07 Å². The number of nitrogens with zero attached hydrogens (tertiary/aromatic N) is 1. The monoisotopic (exact) mass is 298 g/mol. The number of nitro benzene ring substituents is 1. The lowest BCUT2D eigenvalue weighted by Gasteiger charge is -2.16. The Hall–Kier alpha value is -2.35. The van der Waals surface area contributed by atoms with Crippen molar-refractivity contribution in [2.45, 2.75) is 19.4 Å². The van der Waals surface area contributed by atoms with Crippen LogP contribution in [0.25, 0.3) is 0 Å². The first-order chi connectivity index (χ1) is 9.99. The highest BCUT2D eigenvalue weighted by Crippen LogP contribution is 2.31. The first-order valence-corrected chi connectivity index (χ1v) is 6.41. The van der Waals surface area contributed by atoms with Crippen molar-refractivity contribution in [1.82, 2.24) is 5.32 Å². The number of nitrogens with one attached hydrogen (secondary N) is 1. The Morgan fingerprint density at radius 3 is 2.71 bits per heavy atom. The van der Waals surface area contributed by atoms with Crippen LogP contribution < -0.4 is 14.8 Å². The zero-order chi connectivity index (χ0) is 15.8. The molecule has 1 aromatic rings. The Balaban J connectivity index is 2.82. The second-order valence-corrected chi connectivity index (χ2v) is 4.25. The first-order valence-electron chi connectivity index (χ1n) is 6.41. The molecule has 8 nitrogen and oxygen atoms in total. The van der Waals surface area contributed by atoms with Gasteiger partial charge in [0.1, 0.15) is 12.6 Å². The lowest BCUT2D eigenvalue weighted by molar-refractivity contribution is -0.385. The van der Waals surface area contributed by atoms with Crippen LogP contribution in [0, 0.1) is 10.1 Å². The second kappa shape index (κ2) is 8.05. The number of carboxylic acid groups (broad SMARTS) is 1. The van der Waals surface area contributed by atoms with Crippen LogP contribution in [-0.4, -0.2) is 42.3 Å². The normalized spacial score (nSPS) is 11.7. The molecular weight excluding hydrogens is 280 g/mol. The third-order valence-corrected chi connectivity index (χ3v) is 2.70. The molecule has 0 aliphatic rings. The molecule has 1 aromatic carbocycles. The van der Waals surface area contributed by atoms with Gasteiger partial charge >= 0.3 is 5.97 Å². The van der Waals surface area contributed by atoms with Crippen molar-refractivity contribution in [2.24, 2.45) is 0 Å². The van der Waals surface area contributed by atoms with E-state index in [1.165, 1.54) is 25.3 Å². The van der Waals surface area contributed by atoms with E-state index in [0.29, 0.717) is 12.3 Å². The number of carbonyl (C=O) groups is 1. The van der Waals surface area contributed by atoms with Crippen LogP contribution in [0.5, 0.6) is 11.5 Å². The fourth-order valence-corrected chi connectivity index (χ4v) is 1.60. The Morgan fingerprint density at radius 2 is 2.19 bits per heavy atom. The number of benzene rings is 1. The van der Waals surface area contributed by atoms with E-state index in [1.54, 1.807) is 0 Å². The Bertz CT molecular complexity index is 505. The molecule has 0 aromatic heterocycles. The predicted octanol–water partition coefficient (Wildman–Crippen LogP) is 1.43. The Labute approximate surface area is 121 Å². The predicted molar refractivity (Wildman–Crippen MR) is 74.9 cm³/mol. The van der Waals surface area contributed by atoms with Gasteiger partial charge in [-0.1, -0.05) is 6.92 Å². The largest absolute Gasteiger partial charge is 0.493 e. The average molecular weight is 298 g/mol. The zero-order valence-electron chi connectivity index (χ0n) is 11.9. The van der Waals surface area contributed by atoms with Gasteiger partial charge in [0.15, 0.2) is 11.5 Å². The maximum atomic E-state index is 11.1. The smallest absolute Gasteiger partial charge is 0.324 e. The van der Waals surface area contributed by atoms with Crippen LogP contribution in [0.3, 0.4) is 0 Å². The van der Waals surface area contributed by atoms with Gasteiger partial charge in [-0.2, -0.15) is 0 Å². The molecule has 0 bridgehead atoms. The SMILES string of the molecule is CCCNC(COc1cc([N+](=O)[O-])ccc1OC)C(=O)O. The number of hydrogen-bond donors (Lipinski definition) is 2. The van der Waals surface area contributed by atoms with Crippen LogP contribution in [0.2, 0.25) is 0 Å². The highest BCUT2D eigenvalue weighted by Gasteiger charge is 2.19. The number of hydrogen-bond acceptors (Lipinski definition) is 6. The van der Waals surface area contributed by atoms with Crippen molar-refractivity contribution < 1.29 is 24.3 Å². The molecule has 2 N–H and O–H groups in total. The van der Waals surface area contributed by atoms with E-state index in [1.807, 2.05) is 6.92 Å². The van der Waals surface area contributed by atoms with Crippen molar-refractivity contribution in [3.63, 3.8) is 0 Å². The lowest BCUT2D eigenvalue weighted by Crippen LogP contribution is -2.41. The molecule has 0 heterocycles. The molecule has 21 heavy (non-hydrogen) atoms. The number of aliphatic carboxylic acids is 1. The number of carboxylic acids is 1. The molecular formula is C13H18N2O6. The van der Waals surface area contributed by atoms with Gasteiger partial charge in [-0.25, -0.2) is 0 Å². The van der Waals surface area contributed by atoms with Crippen molar-refractivity contribution >= 4 is 11.7 Å². The van der Waals surface area contributed by atoms with E-state index in [9.17, 15) is 14.9 Å². The van der Waals surface area contributed by atoms with E-state index < -0.39 is 16.9 Å². The Kier molecular flexibility index (Phi) is 6.41. The summed E-state index contributed by atoms with van der Waals surface area (Å²) < 4.78 is 10.4. The van der Waals surface area contributed by atoms with Crippen LogP contribution in [0.1, 0.15) is 13.3 Å². The highest BCUT2D eigenvalue weighted by atomic mass is 16.6. The van der Waals surface area contributed by atoms with E-state index in [2.05, 4.69) is 5.32 Å². The molecule has 116 valence electrons. The molecule has 1 unspecified atom stereocenters. The lowest BCUT2D eigenvalue weighted by atomic mass is 10.2. The third kappa shape index (κ3) is 4.92. The summed E-state index contributed by atoms with van der Waals surface area (Å²) >= 11 is 0. The average Bonchev–Trinajstić information content (AvgIpc) is 2.46. The summed E-state index contributed by atoms with van der Waals surface area (Å²) in [5.74, 6) is -0.607. The van der Waals surface area contributed by atoms with Crippen molar-refractivity contribution in [2.75, 3.05) is 20.3 Å².